The van der Waals surface area contributed by atoms with Crippen molar-refractivity contribution in [3.05, 3.63) is 34.9 Å². The molecule has 1 aromatic rings. The molecule has 0 aliphatic carbocycles. The Kier molecular flexibility index (Phi) is 3.93. The molecular formula is C11H16ClNO. The molecule has 0 saturated heterocycles. The van der Waals surface area contributed by atoms with Crippen molar-refractivity contribution in [2.75, 3.05) is 6.61 Å². The van der Waals surface area contributed by atoms with Crippen molar-refractivity contribution < 1.29 is 4.84 Å². The largest absolute Gasteiger partial charge is 0.305 e. The zero-order valence-electron chi connectivity index (χ0n) is 8.59. The van der Waals surface area contributed by atoms with E-state index < -0.39 is 0 Å². The molecule has 0 heterocycles. The highest BCUT2D eigenvalue weighted by Crippen LogP contribution is 2.28. The van der Waals surface area contributed by atoms with Crippen molar-refractivity contribution in [3.8, 4) is 0 Å². The second-order valence-corrected chi connectivity index (χ2v) is 4.45. The van der Waals surface area contributed by atoms with E-state index in [0.717, 1.165) is 11.4 Å². The van der Waals surface area contributed by atoms with Crippen LogP contribution in [0.25, 0.3) is 0 Å². The fourth-order valence-electron chi connectivity index (χ4n) is 1.37. The highest BCUT2D eigenvalue weighted by atomic mass is 35.5. The average molecular weight is 214 g/mol. The van der Waals surface area contributed by atoms with Crippen molar-refractivity contribution in [2.24, 2.45) is 5.90 Å². The number of hydrogen-bond donors (Lipinski definition) is 1. The first-order valence-electron chi connectivity index (χ1n) is 4.64. The molecule has 0 radical (unpaired) electrons. The summed E-state index contributed by atoms with van der Waals surface area (Å²) in [6, 6.07) is 7.89. The Balaban J connectivity index is 2.80. The Morgan fingerprint density at radius 1 is 1.43 bits per heavy atom. The van der Waals surface area contributed by atoms with Crippen LogP contribution in [0.1, 0.15) is 25.8 Å². The van der Waals surface area contributed by atoms with Gasteiger partial charge in [0.1, 0.15) is 0 Å². The van der Waals surface area contributed by atoms with Gasteiger partial charge < -0.3 is 4.84 Å². The van der Waals surface area contributed by atoms with E-state index in [4.69, 9.17) is 17.5 Å². The standard InChI is InChI=1S/C11H16ClNO/c1-11(2,6-7-14-13)9-4-3-5-10(12)8-9/h3-5,8H,6-7,13H2,1-2H3. The van der Waals surface area contributed by atoms with Crippen molar-refractivity contribution in [2.45, 2.75) is 25.7 Å². The number of nitrogens with two attached hydrogens (primary N) is 1. The van der Waals surface area contributed by atoms with Crippen LogP contribution in [-0.4, -0.2) is 6.61 Å². The number of benzene rings is 1. The van der Waals surface area contributed by atoms with Gasteiger partial charge in [-0.1, -0.05) is 37.6 Å². The molecule has 14 heavy (non-hydrogen) atoms. The van der Waals surface area contributed by atoms with Crippen molar-refractivity contribution in [1.82, 2.24) is 0 Å². The fourth-order valence-corrected chi connectivity index (χ4v) is 1.56. The van der Waals surface area contributed by atoms with E-state index in [1.807, 2.05) is 18.2 Å². The molecular weight excluding hydrogens is 198 g/mol. The minimum absolute atomic E-state index is 0.0459. The summed E-state index contributed by atoms with van der Waals surface area (Å²) in [5, 5.41) is 0.768. The lowest BCUT2D eigenvalue weighted by molar-refractivity contribution is 0.121. The lowest BCUT2D eigenvalue weighted by Gasteiger charge is -2.24. The minimum atomic E-state index is 0.0459. The third-order valence-corrected chi connectivity index (χ3v) is 2.69. The van der Waals surface area contributed by atoms with E-state index in [1.165, 1.54) is 5.56 Å². The topological polar surface area (TPSA) is 35.2 Å². The molecule has 0 aromatic heterocycles. The number of rotatable bonds is 4. The second kappa shape index (κ2) is 4.78. The van der Waals surface area contributed by atoms with Gasteiger partial charge in [-0.05, 0) is 29.5 Å². The zero-order chi connectivity index (χ0) is 10.6. The van der Waals surface area contributed by atoms with Crippen LogP contribution in [0.4, 0.5) is 0 Å². The lowest BCUT2D eigenvalue weighted by atomic mass is 9.82. The maximum atomic E-state index is 5.93. The highest BCUT2D eigenvalue weighted by Gasteiger charge is 2.20. The van der Waals surface area contributed by atoms with Crippen LogP contribution in [0.2, 0.25) is 5.02 Å². The molecule has 0 saturated carbocycles. The molecule has 1 aromatic carbocycles. The molecule has 0 unspecified atom stereocenters. The van der Waals surface area contributed by atoms with E-state index in [1.54, 1.807) is 0 Å². The summed E-state index contributed by atoms with van der Waals surface area (Å²) < 4.78 is 0. The van der Waals surface area contributed by atoms with Gasteiger partial charge in [0.25, 0.3) is 0 Å². The van der Waals surface area contributed by atoms with Crippen molar-refractivity contribution in [1.29, 1.82) is 0 Å². The maximum Gasteiger partial charge on any atom is 0.0687 e. The Morgan fingerprint density at radius 3 is 2.71 bits per heavy atom. The van der Waals surface area contributed by atoms with Crippen molar-refractivity contribution >= 4 is 11.6 Å². The normalized spacial score (nSPS) is 11.7. The molecule has 1 rings (SSSR count). The Hall–Kier alpha value is -0.570. The Bertz CT molecular complexity index is 299. The van der Waals surface area contributed by atoms with Crippen LogP contribution in [-0.2, 0) is 10.3 Å². The second-order valence-electron chi connectivity index (χ2n) is 4.02. The van der Waals surface area contributed by atoms with E-state index in [0.29, 0.717) is 6.61 Å². The predicted molar refractivity (Wildman–Crippen MR) is 59.2 cm³/mol. The molecule has 0 amide bonds. The molecule has 0 aliphatic heterocycles. The molecule has 0 bridgehead atoms. The first-order valence-corrected chi connectivity index (χ1v) is 5.02. The van der Waals surface area contributed by atoms with Crippen molar-refractivity contribution in [3.63, 3.8) is 0 Å². The van der Waals surface area contributed by atoms with Gasteiger partial charge in [0, 0.05) is 5.02 Å². The summed E-state index contributed by atoms with van der Waals surface area (Å²) in [6.45, 7) is 4.86. The van der Waals surface area contributed by atoms with Gasteiger partial charge in [0.05, 0.1) is 6.61 Å². The maximum absolute atomic E-state index is 5.93. The zero-order valence-corrected chi connectivity index (χ0v) is 9.34. The molecule has 3 heteroatoms. The number of halogens is 1. The van der Waals surface area contributed by atoms with E-state index in [2.05, 4.69) is 24.8 Å². The van der Waals surface area contributed by atoms with Gasteiger partial charge in [0.2, 0.25) is 0 Å². The first kappa shape index (κ1) is 11.5. The molecule has 78 valence electrons. The lowest BCUT2D eigenvalue weighted by Crippen LogP contribution is -2.20. The molecule has 0 spiro atoms. The molecule has 2 N–H and O–H groups in total. The fraction of sp³-hybridized carbons (Fsp3) is 0.455. The third kappa shape index (κ3) is 2.98. The third-order valence-electron chi connectivity index (χ3n) is 2.45. The van der Waals surface area contributed by atoms with Gasteiger partial charge in [-0.15, -0.1) is 0 Å². The quantitative estimate of drug-likeness (QED) is 0.781. The van der Waals surface area contributed by atoms with Gasteiger partial charge in [-0.3, -0.25) is 0 Å². The molecule has 2 nitrogen and oxygen atoms in total. The summed E-state index contributed by atoms with van der Waals surface area (Å²) in [7, 11) is 0. The van der Waals surface area contributed by atoms with Crippen LogP contribution >= 0.6 is 11.6 Å². The van der Waals surface area contributed by atoms with Gasteiger partial charge in [-0.25, -0.2) is 5.90 Å². The molecule has 0 atom stereocenters. The van der Waals surface area contributed by atoms with E-state index >= 15 is 0 Å². The van der Waals surface area contributed by atoms with Gasteiger partial charge in [0.15, 0.2) is 0 Å². The Morgan fingerprint density at radius 2 is 2.14 bits per heavy atom. The van der Waals surface area contributed by atoms with Crippen LogP contribution in [0.3, 0.4) is 0 Å². The monoisotopic (exact) mass is 213 g/mol. The molecule has 0 fully saturated rings. The summed E-state index contributed by atoms with van der Waals surface area (Å²) >= 11 is 5.93. The van der Waals surface area contributed by atoms with Crippen LogP contribution in [0.15, 0.2) is 24.3 Å². The summed E-state index contributed by atoms with van der Waals surface area (Å²) in [5.74, 6) is 5.02. The SMILES string of the molecule is CC(C)(CCON)c1cccc(Cl)c1. The summed E-state index contributed by atoms with van der Waals surface area (Å²) in [6.07, 6.45) is 0.879. The smallest absolute Gasteiger partial charge is 0.0687 e. The van der Waals surface area contributed by atoms with E-state index in [-0.39, 0.29) is 5.41 Å². The van der Waals surface area contributed by atoms with Gasteiger partial charge >= 0.3 is 0 Å². The average Bonchev–Trinajstić information content (AvgIpc) is 2.15. The first-order chi connectivity index (χ1) is 6.56. The Labute approximate surface area is 90.0 Å². The van der Waals surface area contributed by atoms with Gasteiger partial charge in [-0.2, -0.15) is 0 Å². The minimum Gasteiger partial charge on any atom is -0.305 e. The predicted octanol–water partition coefficient (Wildman–Crippen LogP) is 2.90. The summed E-state index contributed by atoms with van der Waals surface area (Å²) in [4.78, 5) is 4.60. The molecule has 0 aliphatic rings. The van der Waals surface area contributed by atoms with Crippen LogP contribution in [0.5, 0.6) is 0 Å². The van der Waals surface area contributed by atoms with Crippen LogP contribution < -0.4 is 5.90 Å². The van der Waals surface area contributed by atoms with Crippen LogP contribution in [0, 0.1) is 0 Å². The highest BCUT2D eigenvalue weighted by molar-refractivity contribution is 6.30. The number of hydrogen-bond acceptors (Lipinski definition) is 2. The summed E-state index contributed by atoms with van der Waals surface area (Å²) in [5.41, 5.74) is 1.26. The van der Waals surface area contributed by atoms with E-state index in [9.17, 15) is 0 Å².